The predicted octanol–water partition coefficient (Wildman–Crippen LogP) is 0.0652. The van der Waals surface area contributed by atoms with E-state index in [9.17, 15) is 14.4 Å². The van der Waals surface area contributed by atoms with Gasteiger partial charge in [-0.05, 0) is 23.6 Å². The second-order valence-corrected chi connectivity index (χ2v) is 6.97. The van der Waals surface area contributed by atoms with Crippen molar-refractivity contribution in [1.82, 2.24) is 20.9 Å². The Labute approximate surface area is 151 Å². The fourth-order valence-corrected chi connectivity index (χ4v) is 3.74. The molecule has 3 heterocycles. The van der Waals surface area contributed by atoms with Crippen molar-refractivity contribution in [2.24, 2.45) is 0 Å². The number of hydrogen-bond acceptors (Lipinski definition) is 5. The summed E-state index contributed by atoms with van der Waals surface area (Å²) in [6, 6.07) is 5.69. The fraction of sp³-hybridized carbons (Fsp3) is 0.421. The number of imide groups is 1. The quantitative estimate of drug-likeness (QED) is 0.514. The summed E-state index contributed by atoms with van der Waals surface area (Å²) in [4.78, 5) is 37.8. The normalized spacial score (nSPS) is 24.9. The number of fused-ring (bicyclic) bond motifs is 1. The lowest BCUT2D eigenvalue weighted by atomic mass is 10.0. The van der Waals surface area contributed by atoms with E-state index in [4.69, 9.17) is 0 Å². The van der Waals surface area contributed by atoms with Crippen molar-refractivity contribution >= 4 is 17.7 Å². The lowest BCUT2D eigenvalue weighted by molar-refractivity contribution is -0.136. The number of piperidine rings is 1. The molecule has 136 valence electrons. The van der Waals surface area contributed by atoms with E-state index in [2.05, 4.69) is 28.1 Å². The number of carbonyl (C=O) groups is 3. The molecular formula is C19H22N4O3. The van der Waals surface area contributed by atoms with Gasteiger partial charge in [0, 0.05) is 44.2 Å². The van der Waals surface area contributed by atoms with Gasteiger partial charge in [-0.1, -0.05) is 24.3 Å². The van der Waals surface area contributed by atoms with Gasteiger partial charge >= 0.3 is 0 Å². The van der Waals surface area contributed by atoms with Crippen LogP contribution in [-0.2, 0) is 22.7 Å². The average molecular weight is 354 g/mol. The average Bonchev–Trinajstić information content (AvgIpc) is 3.24. The minimum Gasteiger partial charge on any atom is -0.322 e. The maximum Gasteiger partial charge on any atom is 0.255 e. The summed E-state index contributed by atoms with van der Waals surface area (Å²) in [7, 11) is 0. The number of amides is 3. The number of carbonyl (C=O) groups excluding carboxylic acids is 3. The Morgan fingerprint density at radius 3 is 2.88 bits per heavy atom. The first-order chi connectivity index (χ1) is 12.6. The SMILES string of the molecule is O=C1CCC(N2Cc3ccc(CNCC4C=CCN4)cc3C2=O)C(=O)N1. The Balaban J connectivity index is 1.41. The third-order valence-electron chi connectivity index (χ3n) is 5.15. The molecule has 1 aromatic carbocycles. The van der Waals surface area contributed by atoms with Gasteiger partial charge < -0.3 is 15.5 Å². The van der Waals surface area contributed by atoms with Gasteiger partial charge in [-0.15, -0.1) is 0 Å². The van der Waals surface area contributed by atoms with E-state index >= 15 is 0 Å². The first kappa shape index (κ1) is 16.9. The van der Waals surface area contributed by atoms with Crippen LogP contribution in [0.25, 0.3) is 0 Å². The van der Waals surface area contributed by atoms with Crippen LogP contribution >= 0.6 is 0 Å². The summed E-state index contributed by atoms with van der Waals surface area (Å²) in [5.74, 6) is -0.770. The molecule has 4 rings (SSSR count). The molecule has 26 heavy (non-hydrogen) atoms. The Morgan fingerprint density at radius 1 is 1.23 bits per heavy atom. The Kier molecular flexibility index (Phi) is 4.57. The number of rotatable bonds is 5. The monoisotopic (exact) mass is 354 g/mol. The first-order valence-corrected chi connectivity index (χ1v) is 8.99. The number of benzene rings is 1. The van der Waals surface area contributed by atoms with Crippen LogP contribution in [0.1, 0.15) is 34.3 Å². The molecule has 7 nitrogen and oxygen atoms in total. The van der Waals surface area contributed by atoms with Gasteiger partial charge in [0.15, 0.2) is 0 Å². The largest absolute Gasteiger partial charge is 0.322 e. The minimum absolute atomic E-state index is 0.128. The van der Waals surface area contributed by atoms with Crippen LogP contribution in [0.5, 0.6) is 0 Å². The Bertz CT molecular complexity index is 789. The highest BCUT2D eigenvalue weighted by Crippen LogP contribution is 2.28. The summed E-state index contributed by atoms with van der Waals surface area (Å²) in [6.45, 7) is 2.86. The maximum atomic E-state index is 12.8. The zero-order valence-electron chi connectivity index (χ0n) is 14.5. The van der Waals surface area contributed by atoms with E-state index in [1.165, 1.54) is 0 Å². The van der Waals surface area contributed by atoms with Gasteiger partial charge in [-0.3, -0.25) is 19.7 Å². The molecule has 0 spiro atoms. The van der Waals surface area contributed by atoms with Crippen LogP contribution in [-0.4, -0.2) is 47.8 Å². The van der Waals surface area contributed by atoms with Gasteiger partial charge in [0.05, 0.1) is 0 Å². The van der Waals surface area contributed by atoms with E-state index in [0.717, 1.165) is 24.2 Å². The van der Waals surface area contributed by atoms with E-state index in [1.54, 1.807) is 4.90 Å². The molecule has 1 fully saturated rings. The van der Waals surface area contributed by atoms with Crippen molar-refractivity contribution in [2.75, 3.05) is 13.1 Å². The van der Waals surface area contributed by atoms with E-state index in [0.29, 0.717) is 31.1 Å². The molecular weight excluding hydrogens is 332 g/mol. The van der Waals surface area contributed by atoms with Crippen molar-refractivity contribution in [2.45, 2.75) is 38.0 Å². The number of hydrogen-bond donors (Lipinski definition) is 3. The highest BCUT2D eigenvalue weighted by atomic mass is 16.2. The van der Waals surface area contributed by atoms with Crippen LogP contribution in [0.4, 0.5) is 0 Å². The van der Waals surface area contributed by atoms with Gasteiger partial charge in [0.2, 0.25) is 11.8 Å². The zero-order chi connectivity index (χ0) is 18.1. The fourth-order valence-electron chi connectivity index (χ4n) is 3.74. The summed E-state index contributed by atoms with van der Waals surface area (Å²) in [6.07, 6.45) is 4.93. The molecule has 0 saturated carbocycles. The van der Waals surface area contributed by atoms with Gasteiger partial charge in [-0.25, -0.2) is 0 Å². The van der Waals surface area contributed by atoms with Gasteiger partial charge in [0.1, 0.15) is 6.04 Å². The van der Waals surface area contributed by atoms with Crippen LogP contribution < -0.4 is 16.0 Å². The van der Waals surface area contributed by atoms with E-state index in [1.807, 2.05) is 18.2 Å². The minimum atomic E-state index is -0.561. The third-order valence-corrected chi connectivity index (χ3v) is 5.15. The molecule has 3 aliphatic rings. The second-order valence-electron chi connectivity index (χ2n) is 6.97. The number of nitrogens with one attached hydrogen (secondary N) is 3. The smallest absolute Gasteiger partial charge is 0.255 e. The Morgan fingerprint density at radius 2 is 2.12 bits per heavy atom. The van der Waals surface area contributed by atoms with Crippen molar-refractivity contribution in [1.29, 1.82) is 0 Å². The Hall–Kier alpha value is -2.51. The van der Waals surface area contributed by atoms with Crippen molar-refractivity contribution < 1.29 is 14.4 Å². The topological polar surface area (TPSA) is 90.5 Å². The molecule has 2 atom stereocenters. The highest BCUT2D eigenvalue weighted by Gasteiger charge is 2.39. The molecule has 3 amide bonds. The summed E-state index contributed by atoms with van der Waals surface area (Å²) in [5.41, 5.74) is 2.64. The van der Waals surface area contributed by atoms with Gasteiger partial charge in [-0.2, -0.15) is 0 Å². The molecule has 0 aromatic heterocycles. The lowest BCUT2D eigenvalue weighted by Gasteiger charge is -2.29. The molecule has 3 N–H and O–H groups in total. The molecule has 1 aromatic rings. The van der Waals surface area contributed by atoms with E-state index < -0.39 is 6.04 Å². The third kappa shape index (κ3) is 3.27. The zero-order valence-corrected chi connectivity index (χ0v) is 14.5. The highest BCUT2D eigenvalue weighted by molar-refractivity contribution is 6.05. The second kappa shape index (κ2) is 7.01. The lowest BCUT2D eigenvalue weighted by Crippen LogP contribution is -2.52. The van der Waals surface area contributed by atoms with Crippen LogP contribution in [0, 0.1) is 0 Å². The van der Waals surface area contributed by atoms with Crippen LogP contribution in [0.3, 0.4) is 0 Å². The van der Waals surface area contributed by atoms with Crippen LogP contribution in [0.15, 0.2) is 30.4 Å². The molecule has 0 aliphatic carbocycles. The summed E-state index contributed by atoms with van der Waals surface area (Å²) in [5, 5.41) is 9.07. The predicted molar refractivity (Wildman–Crippen MR) is 95.1 cm³/mol. The molecule has 3 aliphatic heterocycles. The molecule has 7 heteroatoms. The molecule has 0 bridgehead atoms. The van der Waals surface area contributed by atoms with Crippen molar-refractivity contribution in [3.05, 3.63) is 47.0 Å². The summed E-state index contributed by atoms with van der Waals surface area (Å²) < 4.78 is 0. The van der Waals surface area contributed by atoms with Gasteiger partial charge in [0.25, 0.3) is 5.91 Å². The molecule has 2 unspecified atom stereocenters. The molecule has 1 saturated heterocycles. The number of nitrogens with zero attached hydrogens (tertiary/aromatic N) is 1. The molecule has 0 radical (unpaired) electrons. The first-order valence-electron chi connectivity index (χ1n) is 8.99. The van der Waals surface area contributed by atoms with Crippen LogP contribution in [0.2, 0.25) is 0 Å². The standard InChI is InChI=1S/C19H22N4O3/c24-17-6-5-16(18(25)22-17)23-11-13-4-3-12(8-15(13)19(23)26)9-20-10-14-2-1-7-21-14/h1-4,8,14,16,20-21H,5-7,9-11H2,(H,22,24,25). The maximum absolute atomic E-state index is 12.8. The summed E-state index contributed by atoms with van der Waals surface area (Å²) >= 11 is 0. The van der Waals surface area contributed by atoms with Crippen molar-refractivity contribution in [3.63, 3.8) is 0 Å². The van der Waals surface area contributed by atoms with E-state index in [-0.39, 0.29) is 24.1 Å². The van der Waals surface area contributed by atoms with Crippen molar-refractivity contribution in [3.8, 4) is 0 Å².